The van der Waals surface area contributed by atoms with E-state index in [0.29, 0.717) is 37.8 Å². The van der Waals surface area contributed by atoms with Gasteiger partial charge in [0.15, 0.2) is 27.3 Å². The van der Waals surface area contributed by atoms with Gasteiger partial charge < -0.3 is 10.4 Å². The van der Waals surface area contributed by atoms with E-state index in [1.165, 1.54) is 13.1 Å². The highest BCUT2D eigenvalue weighted by Crippen LogP contribution is 2.26. The van der Waals surface area contributed by atoms with Crippen molar-refractivity contribution in [3.63, 3.8) is 0 Å². The number of halogens is 3. The van der Waals surface area contributed by atoms with Crippen molar-refractivity contribution in [2.24, 2.45) is 7.05 Å². The molecule has 1 aliphatic rings. The third-order valence-electron chi connectivity index (χ3n) is 4.91. The van der Waals surface area contributed by atoms with Gasteiger partial charge in [-0.05, 0) is 31.7 Å². The van der Waals surface area contributed by atoms with Crippen molar-refractivity contribution >= 4 is 21.4 Å². The number of aromatic nitrogens is 2. The van der Waals surface area contributed by atoms with Crippen LogP contribution in [0.15, 0.2) is 18.2 Å². The van der Waals surface area contributed by atoms with Crippen molar-refractivity contribution in [3.8, 4) is 0 Å². The number of aliphatic hydroxyl groups excluding tert-OH is 1. The molecule has 0 bridgehead atoms. The molecule has 1 saturated carbocycles. The van der Waals surface area contributed by atoms with Crippen LogP contribution in [-0.2, 0) is 22.6 Å². The van der Waals surface area contributed by atoms with Crippen LogP contribution in [0.2, 0.25) is 0 Å². The van der Waals surface area contributed by atoms with Gasteiger partial charge in [-0.25, -0.2) is 21.6 Å². The average molecular weight is 431 g/mol. The average Bonchev–Trinajstić information content (AvgIpc) is 2.99. The molecular weight excluding hydrogens is 411 g/mol. The fraction of sp³-hybridized carbons (Fsp3) is 0.444. The smallest absolute Gasteiger partial charge is 0.273 e. The Morgan fingerprint density at radius 1 is 1.17 bits per heavy atom. The van der Waals surface area contributed by atoms with Crippen molar-refractivity contribution in [1.82, 2.24) is 9.78 Å². The van der Waals surface area contributed by atoms with Gasteiger partial charge in [0.25, 0.3) is 5.91 Å². The summed E-state index contributed by atoms with van der Waals surface area (Å²) in [6, 6.07) is 2.55. The number of aryl methyl sites for hydroxylation is 1. The Kier molecular flexibility index (Phi) is 5.99. The molecule has 0 saturated heterocycles. The third kappa shape index (κ3) is 4.78. The topological polar surface area (TPSA) is 101 Å². The maximum Gasteiger partial charge on any atom is 0.273 e. The van der Waals surface area contributed by atoms with Crippen LogP contribution in [0.25, 0.3) is 0 Å². The van der Waals surface area contributed by atoms with Crippen molar-refractivity contribution in [2.75, 3.05) is 5.32 Å². The lowest BCUT2D eigenvalue weighted by Crippen LogP contribution is -2.30. The Bertz CT molecular complexity index is 1010. The molecule has 0 spiro atoms. The van der Waals surface area contributed by atoms with E-state index in [1.807, 2.05) is 0 Å². The molecule has 1 heterocycles. The van der Waals surface area contributed by atoms with Crippen molar-refractivity contribution in [1.29, 1.82) is 0 Å². The van der Waals surface area contributed by atoms with Crippen LogP contribution in [0.4, 0.5) is 18.9 Å². The van der Waals surface area contributed by atoms with Gasteiger partial charge >= 0.3 is 0 Å². The molecule has 0 radical (unpaired) electrons. The van der Waals surface area contributed by atoms with E-state index in [9.17, 15) is 31.5 Å². The maximum absolute atomic E-state index is 13.3. The highest BCUT2D eigenvalue weighted by molar-refractivity contribution is 7.91. The third-order valence-corrected chi connectivity index (χ3v) is 7.09. The van der Waals surface area contributed by atoms with Gasteiger partial charge in [0.05, 0.1) is 22.8 Å². The van der Waals surface area contributed by atoms with Crippen LogP contribution in [-0.4, -0.2) is 40.6 Å². The summed E-state index contributed by atoms with van der Waals surface area (Å²) < 4.78 is 66.0. The number of sulfone groups is 1. The summed E-state index contributed by atoms with van der Waals surface area (Å²) in [5, 5.41) is 15.2. The van der Waals surface area contributed by atoms with Crippen LogP contribution in [0.5, 0.6) is 0 Å². The van der Waals surface area contributed by atoms with Gasteiger partial charge in [-0.3, -0.25) is 9.48 Å². The van der Waals surface area contributed by atoms with Crippen molar-refractivity contribution in [3.05, 3.63) is 47.0 Å². The molecule has 2 aromatic rings. The number of hydrogen-bond acceptors (Lipinski definition) is 5. The first-order valence-corrected chi connectivity index (χ1v) is 10.7. The van der Waals surface area contributed by atoms with E-state index in [2.05, 4.69) is 10.4 Å². The predicted octanol–water partition coefficient (Wildman–Crippen LogP) is 2.31. The van der Waals surface area contributed by atoms with E-state index in [4.69, 9.17) is 0 Å². The van der Waals surface area contributed by atoms with Crippen LogP contribution < -0.4 is 5.32 Å². The van der Waals surface area contributed by atoms with Crippen LogP contribution in [0.1, 0.15) is 41.9 Å². The van der Waals surface area contributed by atoms with E-state index >= 15 is 0 Å². The number of carbonyl (C=O) groups excluding carboxylic acids is 1. The van der Waals surface area contributed by atoms with Crippen molar-refractivity contribution in [2.45, 2.75) is 42.8 Å². The van der Waals surface area contributed by atoms with E-state index in [-0.39, 0.29) is 22.8 Å². The molecule has 11 heteroatoms. The summed E-state index contributed by atoms with van der Waals surface area (Å²) >= 11 is 0. The molecular formula is C18H20F3N3O4S. The summed E-state index contributed by atoms with van der Waals surface area (Å²) in [6.45, 7) is 0. The van der Waals surface area contributed by atoms with Gasteiger partial charge in [-0.2, -0.15) is 5.10 Å². The predicted molar refractivity (Wildman–Crippen MR) is 98.4 cm³/mol. The first-order chi connectivity index (χ1) is 13.6. The second-order valence-corrected chi connectivity index (χ2v) is 9.37. The largest absolute Gasteiger partial charge is 0.393 e. The highest BCUT2D eigenvalue weighted by atomic mass is 32.2. The van der Waals surface area contributed by atoms with Crippen LogP contribution in [0, 0.1) is 17.5 Å². The zero-order valence-corrected chi connectivity index (χ0v) is 16.3. The monoisotopic (exact) mass is 431 g/mol. The Hall–Kier alpha value is -2.40. The van der Waals surface area contributed by atoms with E-state index in [0.717, 1.165) is 4.68 Å². The molecule has 1 amide bonds. The normalized spacial score (nSPS) is 19.9. The van der Waals surface area contributed by atoms with Gasteiger partial charge in [0.2, 0.25) is 0 Å². The Balaban J connectivity index is 1.73. The fourth-order valence-corrected chi connectivity index (χ4v) is 5.14. The second kappa shape index (κ2) is 8.15. The molecule has 0 atom stereocenters. The number of anilines is 1. The number of nitrogens with one attached hydrogen (secondary N) is 1. The van der Waals surface area contributed by atoms with Crippen LogP contribution in [0.3, 0.4) is 0 Å². The van der Waals surface area contributed by atoms with Gasteiger partial charge in [-0.15, -0.1) is 0 Å². The van der Waals surface area contributed by atoms with Crippen LogP contribution >= 0.6 is 0 Å². The lowest BCUT2D eigenvalue weighted by Gasteiger charge is -2.24. The zero-order valence-electron chi connectivity index (χ0n) is 15.5. The van der Waals surface area contributed by atoms with Gasteiger partial charge in [0.1, 0.15) is 5.69 Å². The van der Waals surface area contributed by atoms with Gasteiger partial charge in [-0.1, -0.05) is 0 Å². The SMILES string of the molecule is Cn1nc(CS(=O)(=O)C2CCC(O)CC2)cc1C(=O)Nc1cc(F)c(F)c(F)c1. The molecule has 0 aliphatic heterocycles. The van der Waals surface area contributed by atoms with Crippen molar-refractivity contribution < 1.29 is 31.5 Å². The lowest BCUT2D eigenvalue weighted by atomic mass is 9.97. The summed E-state index contributed by atoms with van der Waals surface area (Å²) in [7, 11) is -2.10. The minimum absolute atomic E-state index is 0.0283. The molecule has 3 rings (SSSR count). The summed E-state index contributed by atoms with van der Waals surface area (Å²) in [5.74, 6) is -5.69. The molecule has 1 aromatic carbocycles. The number of aliphatic hydroxyl groups is 1. The number of amides is 1. The number of hydrogen-bond donors (Lipinski definition) is 2. The molecule has 2 N–H and O–H groups in total. The Morgan fingerprint density at radius 2 is 1.76 bits per heavy atom. The Morgan fingerprint density at radius 3 is 2.34 bits per heavy atom. The quantitative estimate of drug-likeness (QED) is 0.708. The minimum atomic E-state index is -3.52. The van der Waals surface area contributed by atoms with Gasteiger partial charge in [0, 0.05) is 24.9 Å². The molecule has 1 aromatic heterocycles. The number of carbonyl (C=O) groups is 1. The number of benzene rings is 1. The van der Waals surface area contributed by atoms with E-state index in [1.54, 1.807) is 0 Å². The first kappa shape index (κ1) is 21.3. The second-order valence-electron chi connectivity index (χ2n) is 7.09. The molecule has 0 unspecified atom stereocenters. The zero-order chi connectivity index (χ0) is 21.3. The molecule has 158 valence electrons. The molecule has 29 heavy (non-hydrogen) atoms. The summed E-state index contributed by atoms with van der Waals surface area (Å²) in [6.07, 6.45) is 1.10. The molecule has 1 fully saturated rings. The number of rotatable bonds is 5. The minimum Gasteiger partial charge on any atom is -0.393 e. The number of nitrogens with zero attached hydrogens (tertiary/aromatic N) is 2. The molecule has 1 aliphatic carbocycles. The lowest BCUT2D eigenvalue weighted by molar-refractivity contribution is 0.101. The summed E-state index contributed by atoms with van der Waals surface area (Å²) in [5.41, 5.74) is -0.165. The van der Waals surface area contributed by atoms with E-state index < -0.39 is 44.5 Å². The standard InChI is InChI=1S/C18H20F3N3O4S/c1-24-16(18(26)22-10-6-14(19)17(21)15(20)7-10)8-11(23-24)9-29(27,28)13-4-2-12(25)3-5-13/h6-8,12-13,25H,2-5,9H2,1H3,(H,22,26). The maximum atomic E-state index is 13.3. The Labute approximate surface area is 165 Å². The first-order valence-electron chi connectivity index (χ1n) is 8.95. The molecule has 7 nitrogen and oxygen atoms in total. The fourth-order valence-electron chi connectivity index (χ4n) is 3.36. The highest BCUT2D eigenvalue weighted by Gasteiger charge is 2.31. The summed E-state index contributed by atoms with van der Waals surface area (Å²) in [4.78, 5) is 12.4.